The molecule has 0 saturated carbocycles. The van der Waals surface area contributed by atoms with E-state index in [1.54, 1.807) is 12.2 Å². The second kappa shape index (κ2) is 12.9. The second-order valence-electron chi connectivity index (χ2n) is 7.86. The summed E-state index contributed by atoms with van der Waals surface area (Å²) in [6, 6.07) is 19.0. The summed E-state index contributed by atoms with van der Waals surface area (Å²) in [5.74, 6) is 0.275. The fourth-order valence-corrected chi connectivity index (χ4v) is 4.62. The fraction of sp³-hybridized carbons (Fsp3) is 0.143. The van der Waals surface area contributed by atoms with Gasteiger partial charge in [0.25, 0.3) is 0 Å². The van der Waals surface area contributed by atoms with Crippen molar-refractivity contribution >= 4 is 20.0 Å². The van der Waals surface area contributed by atoms with E-state index in [4.69, 9.17) is 9.05 Å². The minimum absolute atomic E-state index is 0. The maximum Gasteiger partial charge on any atom is 1.00 e. The Morgan fingerprint density at radius 2 is 1.15 bits per heavy atom. The first kappa shape index (κ1) is 26.3. The van der Waals surface area contributed by atoms with Crippen LogP contribution < -0.4 is 34.5 Å². The summed E-state index contributed by atoms with van der Waals surface area (Å²) in [4.78, 5) is 13.1. The molecule has 0 N–H and O–H groups in total. The van der Waals surface area contributed by atoms with Crippen LogP contribution in [-0.4, -0.2) is 0 Å². The number of allylic oxidation sites excluding steroid dienone is 8. The maximum absolute atomic E-state index is 13.1. The summed E-state index contributed by atoms with van der Waals surface area (Å²) < 4.78 is 24.4. The zero-order valence-corrected chi connectivity index (χ0v) is 22.1. The van der Waals surface area contributed by atoms with E-state index < -0.39 is 7.82 Å². The Morgan fingerprint density at radius 1 is 0.735 bits per heavy atom. The first-order valence-electron chi connectivity index (χ1n) is 11.0. The summed E-state index contributed by atoms with van der Waals surface area (Å²) in [6.07, 6.45) is 20.3. The van der Waals surface area contributed by atoms with Gasteiger partial charge in [-0.1, -0.05) is 109 Å². The molecular formula is C28H26NaO4P. The van der Waals surface area contributed by atoms with Gasteiger partial charge in [-0.15, -0.1) is 0 Å². The van der Waals surface area contributed by atoms with Gasteiger partial charge in [-0.25, -0.2) is 4.57 Å². The predicted molar refractivity (Wildman–Crippen MR) is 131 cm³/mol. The van der Waals surface area contributed by atoms with Crippen LogP contribution in [0.25, 0.3) is 12.2 Å². The first-order valence-corrected chi connectivity index (χ1v) is 12.5. The van der Waals surface area contributed by atoms with Crippen LogP contribution >= 0.6 is 7.82 Å². The Balaban J connectivity index is 0.00000324. The molecule has 4 nitrogen and oxygen atoms in total. The van der Waals surface area contributed by atoms with Crippen molar-refractivity contribution in [2.75, 3.05) is 0 Å². The monoisotopic (exact) mass is 480 g/mol. The Kier molecular flexibility index (Phi) is 10.0. The van der Waals surface area contributed by atoms with Crippen molar-refractivity contribution in [3.05, 3.63) is 132 Å². The number of rotatable bonds is 8. The summed E-state index contributed by atoms with van der Waals surface area (Å²) in [5, 5.41) is 0. The predicted octanol–water partition coefficient (Wildman–Crippen LogP) is 3.84. The summed E-state index contributed by atoms with van der Waals surface area (Å²) in [6.45, 7) is 0. The van der Waals surface area contributed by atoms with Gasteiger partial charge in [0.2, 0.25) is 0 Å². The van der Waals surface area contributed by atoms with E-state index >= 15 is 0 Å². The van der Waals surface area contributed by atoms with Crippen molar-refractivity contribution in [3.8, 4) is 0 Å². The standard InChI is InChI=1S/C28H27O4P.Na/c29-33(30,31-27(25-17-9-3-10-18-25)21-23-13-5-1-6-14-23)32-28(26-19-11-4-12-20-26)22-24-15-7-2-8-16-24;/h1-17,19,21-22,25-26H,18,20H2,(H,29,30);/q;+1/p-1/b27-21-,28-22-;. The Morgan fingerprint density at radius 3 is 1.50 bits per heavy atom. The minimum atomic E-state index is -4.71. The molecule has 2 aliphatic carbocycles. The molecule has 0 radical (unpaired) electrons. The van der Waals surface area contributed by atoms with Gasteiger partial charge in [0, 0.05) is 11.8 Å². The number of phosphoric acid groups is 1. The molecule has 6 heteroatoms. The molecule has 0 heterocycles. The average Bonchev–Trinajstić information content (AvgIpc) is 2.85. The van der Waals surface area contributed by atoms with Gasteiger partial charge >= 0.3 is 37.4 Å². The Labute approximate surface area is 223 Å². The van der Waals surface area contributed by atoms with Crippen LogP contribution in [0.15, 0.2) is 121 Å². The molecule has 0 bridgehead atoms. The van der Waals surface area contributed by atoms with Crippen molar-refractivity contribution in [1.29, 1.82) is 0 Å². The maximum atomic E-state index is 13.1. The van der Waals surface area contributed by atoms with Gasteiger partial charge < -0.3 is 13.9 Å². The number of benzene rings is 2. The van der Waals surface area contributed by atoms with Crippen LogP contribution in [0.3, 0.4) is 0 Å². The third-order valence-corrected chi connectivity index (χ3v) is 6.21. The van der Waals surface area contributed by atoms with Crippen molar-refractivity contribution in [3.63, 3.8) is 0 Å². The van der Waals surface area contributed by atoms with Crippen LogP contribution in [0.5, 0.6) is 0 Å². The minimum Gasteiger partial charge on any atom is -0.736 e. The average molecular weight is 480 g/mol. The molecule has 2 atom stereocenters. The van der Waals surface area contributed by atoms with Gasteiger partial charge in [0.1, 0.15) is 11.5 Å². The van der Waals surface area contributed by atoms with Gasteiger partial charge in [-0.3, -0.25) is 0 Å². The van der Waals surface area contributed by atoms with Gasteiger partial charge in [0.15, 0.2) is 0 Å². The van der Waals surface area contributed by atoms with Gasteiger partial charge in [-0.05, 0) is 36.1 Å². The Hall–Kier alpha value is -2.33. The molecule has 2 aromatic carbocycles. The summed E-state index contributed by atoms with van der Waals surface area (Å²) in [7, 11) is -4.71. The van der Waals surface area contributed by atoms with E-state index in [0.717, 1.165) is 11.1 Å². The van der Waals surface area contributed by atoms with Crippen LogP contribution in [0.2, 0.25) is 0 Å². The number of hydrogen-bond donors (Lipinski definition) is 0. The van der Waals surface area contributed by atoms with Crippen molar-refractivity contribution in [2.24, 2.45) is 11.8 Å². The van der Waals surface area contributed by atoms with E-state index in [1.807, 2.05) is 109 Å². The smallest absolute Gasteiger partial charge is 0.736 e. The van der Waals surface area contributed by atoms with Crippen molar-refractivity contribution in [1.82, 2.24) is 0 Å². The molecule has 0 aliphatic heterocycles. The molecule has 2 unspecified atom stereocenters. The molecule has 2 aromatic rings. The fourth-order valence-electron chi connectivity index (χ4n) is 3.69. The van der Waals surface area contributed by atoms with Crippen molar-refractivity contribution < 1.29 is 48.1 Å². The second-order valence-corrected chi connectivity index (χ2v) is 9.11. The molecule has 0 fully saturated rings. The topological polar surface area (TPSA) is 58.6 Å². The molecule has 0 spiro atoms. The quantitative estimate of drug-likeness (QED) is 0.327. The van der Waals surface area contributed by atoms with E-state index in [0.29, 0.717) is 24.4 Å². The zero-order valence-electron chi connectivity index (χ0n) is 19.2. The summed E-state index contributed by atoms with van der Waals surface area (Å²) >= 11 is 0. The normalized spacial score (nSPS) is 21.4. The molecule has 34 heavy (non-hydrogen) atoms. The van der Waals surface area contributed by atoms with Gasteiger partial charge in [0.05, 0.1) is 0 Å². The van der Waals surface area contributed by atoms with E-state index in [9.17, 15) is 9.46 Å². The molecule has 0 amide bonds. The SMILES string of the molecule is O=P([O-])(O/C(=C\c1ccccc1)C1C=CC=CC1)O/C(=C\c1ccccc1)C1C=CC=CC1.[Na+]. The zero-order chi connectivity index (χ0) is 22.9. The van der Waals surface area contributed by atoms with E-state index in [1.165, 1.54) is 0 Å². The van der Waals surface area contributed by atoms with E-state index in [2.05, 4.69) is 0 Å². The first-order chi connectivity index (χ1) is 16.1. The number of phosphoric ester groups is 1. The molecule has 2 aliphatic rings. The van der Waals surface area contributed by atoms with Crippen LogP contribution in [-0.2, 0) is 13.6 Å². The van der Waals surface area contributed by atoms with Crippen LogP contribution in [0.4, 0.5) is 0 Å². The molecule has 4 rings (SSSR count). The van der Waals surface area contributed by atoms with E-state index in [-0.39, 0.29) is 41.4 Å². The van der Waals surface area contributed by atoms with Crippen LogP contribution in [0, 0.1) is 11.8 Å². The van der Waals surface area contributed by atoms with Crippen LogP contribution in [0.1, 0.15) is 24.0 Å². The third-order valence-electron chi connectivity index (χ3n) is 5.34. The third kappa shape index (κ3) is 7.87. The molecule has 168 valence electrons. The largest absolute Gasteiger partial charge is 1.00 e. The van der Waals surface area contributed by atoms with Gasteiger partial charge in [-0.2, -0.15) is 0 Å². The number of hydrogen-bond acceptors (Lipinski definition) is 4. The molecular weight excluding hydrogens is 454 g/mol. The molecule has 0 aromatic heterocycles. The Bertz CT molecular complexity index is 1070. The molecule has 0 saturated heterocycles. The summed E-state index contributed by atoms with van der Waals surface area (Å²) in [5.41, 5.74) is 1.71. The van der Waals surface area contributed by atoms with Crippen molar-refractivity contribution in [2.45, 2.75) is 12.8 Å².